The van der Waals surface area contributed by atoms with Gasteiger partial charge in [-0.25, -0.2) is 13.6 Å². The zero-order valence-electron chi connectivity index (χ0n) is 18.6. The molecule has 0 radical (unpaired) electrons. The molecule has 1 aliphatic rings. The minimum Gasteiger partial charge on any atom is -0.490 e. The summed E-state index contributed by atoms with van der Waals surface area (Å²) in [6, 6.07) is 12.9. The monoisotopic (exact) mass is 572 g/mol. The maximum Gasteiger partial charge on any atom is 0.238 e. The number of aryl methyl sites for hydroxylation is 1. The zero-order valence-corrected chi connectivity index (χ0v) is 21.8. The summed E-state index contributed by atoms with van der Waals surface area (Å²) in [4.78, 5) is 4.41. The first-order valence-electron chi connectivity index (χ1n) is 10.7. The highest BCUT2D eigenvalue weighted by Crippen LogP contribution is 2.27. The molecular formula is C23H33IN4O3S. The molecule has 2 aromatic carbocycles. The van der Waals surface area contributed by atoms with E-state index in [-0.39, 0.29) is 28.9 Å². The fourth-order valence-electron chi connectivity index (χ4n) is 3.67. The fourth-order valence-corrected chi connectivity index (χ4v) is 4.19. The first-order chi connectivity index (χ1) is 14.8. The van der Waals surface area contributed by atoms with Crippen LogP contribution in [0.25, 0.3) is 0 Å². The Labute approximate surface area is 208 Å². The van der Waals surface area contributed by atoms with Crippen LogP contribution in [0.4, 0.5) is 0 Å². The first kappa shape index (κ1) is 26.4. The quantitative estimate of drug-likeness (QED) is 0.255. The van der Waals surface area contributed by atoms with E-state index in [1.54, 1.807) is 19.2 Å². The number of sulfonamides is 1. The van der Waals surface area contributed by atoms with E-state index in [2.05, 4.69) is 40.7 Å². The summed E-state index contributed by atoms with van der Waals surface area (Å²) >= 11 is 0. The molecule has 0 bridgehead atoms. The van der Waals surface area contributed by atoms with Gasteiger partial charge in [0.15, 0.2) is 5.96 Å². The van der Waals surface area contributed by atoms with Crippen molar-refractivity contribution in [1.82, 2.24) is 10.6 Å². The van der Waals surface area contributed by atoms with Crippen LogP contribution >= 0.6 is 24.0 Å². The Bertz CT molecular complexity index is 1000. The molecule has 0 heterocycles. The number of hydrogen-bond donors (Lipinski definition) is 3. The molecule has 0 unspecified atom stereocenters. The summed E-state index contributed by atoms with van der Waals surface area (Å²) in [5, 5.41) is 11.8. The normalized spacial score (nSPS) is 14.7. The lowest BCUT2D eigenvalue weighted by molar-refractivity contribution is 0.207. The predicted octanol–water partition coefficient (Wildman–Crippen LogP) is 3.49. The number of guanidine groups is 1. The van der Waals surface area contributed by atoms with E-state index in [0.29, 0.717) is 25.2 Å². The van der Waals surface area contributed by atoms with E-state index in [1.807, 2.05) is 0 Å². The Morgan fingerprint density at radius 3 is 2.44 bits per heavy atom. The van der Waals surface area contributed by atoms with Crippen molar-refractivity contribution in [1.29, 1.82) is 0 Å². The van der Waals surface area contributed by atoms with E-state index in [1.165, 1.54) is 30.5 Å². The summed E-state index contributed by atoms with van der Waals surface area (Å²) in [5.74, 6) is 1.65. The third kappa shape index (κ3) is 7.93. The molecule has 2 aromatic rings. The van der Waals surface area contributed by atoms with Gasteiger partial charge in [0.1, 0.15) is 5.75 Å². The van der Waals surface area contributed by atoms with Crippen LogP contribution in [0.5, 0.6) is 5.75 Å². The Morgan fingerprint density at radius 1 is 1.12 bits per heavy atom. The number of aliphatic imine (C=N–C) groups is 1. The topological polar surface area (TPSA) is 106 Å². The van der Waals surface area contributed by atoms with Crippen molar-refractivity contribution < 1.29 is 13.2 Å². The van der Waals surface area contributed by atoms with Crippen molar-refractivity contribution in [3.05, 3.63) is 59.2 Å². The number of halogens is 1. The summed E-state index contributed by atoms with van der Waals surface area (Å²) < 4.78 is 29.0. The van der Waals surface area contributed by atoms with E-state index in [4.69, 9.17) is 9.88 Å². The molecule has 1 saturated carbocycles. The van der Waals surface area contributed by atoms with Gasteiger partial charge in [-0.15, -0.1) is 24.0 Å². The molecule has 32 heavy (non-hydrogen) atoms. The number of primary sulfonamides is 1. The van der Waals surface area contributed by atoms with Crippen LogP contribution < -0.4 is 20.5 Å². The van der Waals surface area contributed by atoms with Crippen LogP contribution in [0.2, 0.25) is 0 Å². The Balaban J connectivity index is 0.00000363. The van der Waals surface area contributed by atoms with Crippen LogP contribution in [-0.4, -0.2) is 34.1 Å². The molecule has 0 aromatic heterocycles. The van der Waals surface area contributed by atoms with Crippen LogP contribution in [0.15, 0.2) is 52.4 Å². The minimum atomic E-state index is -3.66. The Hall–Kier alpha value is -1.85. The SMILES string of the molecule is CN=C(NCCc1ccc(S(N)(=O)=O)cc1)NCc1ccc(C)cc1OC1CCCC1.I. The molecule has 7 nitrogen and oxygen atoms in total. The van der Waals surface area contributed by atoms with E-state index in [0.717, 1.165) is 36.1 Å². The van der Waals surface area contributed by atoms with Crippen LogP contribution in [0.3, 0.4) is 0 Å². The van der Waals surface area contributed by atoms with Crippen molar-refractivity contribution in [3.63, 3.8) is 0 Å². The highest BCUT2D eigenvalue weighted by atomic mass is 127. The van der Waals surface area contributed by atoms with Crippen molar-refractivity contribution in [2.45, 2.75) is 56.6 Å². The van der Waals surface area contributed by atoms with Crippen LogP contribution in [-0.2, 0) is 23.0 Å². The van der Waals surface area contributed by atoms with Gasteiger partial charge in [0, 0.05) is 25.7 Å². The molecule has 0 amide bonds. The van der Waals surface area contributed by atoms with Gasteiger partial charge < -0.3 is 15.4 Å². The molecule has 3 rings (SSSR count). The van der Waals surface area contributed by atoms with Crippen LogP contribution in [0, 0.1) is 6.92 Å². The predicted molar refractivity (Wildman–Crippen MR) is 139 cm³/mol. The molecule has 1 fully saturated rings. The number of benzene rings is 2. The average molecular weight is 573 g/mol. The second-order valence-electron chi connectivity index (χ2n) is 7.93. The highest BCUT2D eigenvalue weighted by Gasteiger charge is 2.18. The lowest BCUT2D eigenvalue weighted by Gasteiger charge is -2.18. The third-order valence-electron chi connectivity index (χ3n) is 5.45. The molecule has 0 saturated heterocycles. The number of nitrogens with two attached hydrogens (primary N) is 1. The lowest BCUT2D eigenvalue weighted by atomic mass is 10.1. The summed E-state index contributed by atoms with van der Waals surface area (Å²) in [6.07, 6.45) is 5.78. The summed E-state index contributed by atoms with van der Waals surface area (Å²) in [7, 11) is -1.92. The highest BCUT2D eigenvalue weighted by molar-refractivity contribution is 14.0. The zero-order chi connectivity index (χ0) is 22.3. The summed E-state index contributed by atoms with van der Waals surface area (Å²) in [5.41, 5.74) is 3.31. The summed E-state index contributed by atoms with van der Waals surface area (Å²) in [6.45, 7) is 3.35. The number of ether oxygens (including phenoxy) is 1. The number of nitrogens with zero attached hydrogens (tertiary/aromatic N) is 1. The van der Waals surface area contributed by atoms with Gasteiger partial charge in [-0.3, -0.25) is 4.99 Å². The molecule has 4 N–H and O–H groups in total. The van der Waals surface area contributed by atoms with E-state index >= 15 is 0 Å². The average Bonchev–Trinajstić information content (AvgIpc) is 3.24. The van der Waals surface area contributed by atoms with Crippen molar-refractivity contribution >= 4 is 40.0 Å². The van der Waals surface area contributed by atoms with Crippen molar-refractivity contribution in [2.75, 3.05) is 13.6 Å². The molecule has 1 aliphatic carbocycles. The van der Waals surface area contributed by atoms with Gasteiger partial charge in [-0.1, -0.05) is 24.3 Å². The first-order valence-corrected chi connectivity index (χ1v) is 12.2. The Kier molecular flexibility index (Phi) is 10.2. The molecular weight excluding hydrogens is 539 g/mol. The van der Waals surface area contributed by atoms with Crippen LogP contribution in [0.1, 0.15) is 42.4 Å². The van der Waals surface area contributed by atoms with Gasteiger partial charge in [-0.05, 0) is 68.4 Å². The largest absolute Gasteiger partial charge is 0.490 e. The molecule has 0 spiro atoms. The third-order valence-corrected chi connectivity index (χ3v) is 6.38. The number of nitrogens with one attached hydrogen (secondary N) is 2. The fraction of sp³-hybridized carbons (Fsp3) is 0.435. The van der Waals surface area contributed by atoms with Gasteiger partial charge in [0.05, 0.1) is 11.0 Å². The maximum atomic E-state index is 11.3. The molecule has 176 valence electrons. The van der Waals surface area contributed by atoms with Gasteiger partial charge >= 0.3 is 0 Å². The molecule has 0 aliphatic heterocycles. The van der Waals surface area contributed by atoms with Crippen molar-refractivity contribution in [2.24, 2.45) is 10.1 Å². The van der Waals surface area contributed by atoms with Gasteiger partial charge in [-0.2, -0.15) is 0 Å². The van der Waals surface area contributed by atoms with Gasteiger partial charge in [0.25, 0.3) is 0 Å². The van der Waals surface area contributed by atoms with Gasteiger partial charge in [0.2, 0.25) is 10.0 Å². The smallest absolute Gasteiger partial charge is 0.238 e. The number of rotatable bonds is 8. The van der Waals surface area contributed by atoms with Crippen molar-refractivity contribution in [3.8, 4) is 5.75 Å². The lowest BCUT2D eigenvalue weighted by Crippen LogP contribution is -2.38. The second kappa shape index (κ2) is 12.4. The molecule has 0 atom stereocenters. The number of hydrogen-bond acceptors (Lipinski definition) is 4. The second-order valence-corrected chi connectivity index (χ2v) is 9.49. The Morgan fingerprint density at radius 2 is 1.81 bits per heavy atom. The maximum absolute atomic E-state index is 11.3. The minimum absolute atomic E-state index is 0. The van der Waals surface area contributed by atoms with E-state index < -0.39 is 10.0 Å². The standard InChI is InChI=1S/C23H32N4O3S.HI/c1-17-7-10-19(22(15-17)30-20-5-3-4-6-20)16-27-23(25-2)26-14-13-18-8-11-21(12-9-18)31(24,28)29;/h7-12,15,20H,3-6,13-14,16H2,1-2H3,(H2,24,28,29)(H2,25,26,27);1H. The van der Waals surface area contributed by atoms with E-state index in [9.17, 15) is 8.42 Å². The molecule has 9 heteroatoms.